The Bertz CT molecular complexity index is 441. The van der Waals surface area contributed by atoms with Crippen molar-refractivity contribution < 1.29 is 14.8 Å². The summed E-state index contributed by atoms with van der Waals surface area (Å²) in [4.78, 5) is 20.7. The van der Waals surface area contributed by atoms with Gasteiger partial charge in [-0.3, -0.25) is 14.9 Å². The molecule has 1 aliphatic heterocycles. The Morgan fingerprint density at radius 3 is 2.86 bits per heavy atom. The van der Waals surface area contributed by atoms with Crippen LogP contribution in [0.4, 0.5) is 11.4 Å². The fourth-order valence-electron chi connectivity index (χ4n) is 1.40. The second-order valence-corrected chi connectivity index (χ2v) is 2.98. The zero-order chi connectivity index (χ0) is 10.3. The number of nitro benzene ring substituents is 1. The number of aromatic hydroxyl groups is 1. The van der Waals surface area contributed by atoms with Gasteiger partial charge in [0.15, 0.2) is 5.75 Å². The van der Waals surface area contributed by atoms with E-state index in [0.29, 0.717) is 11.3 Å². The van der Waals surface area contributed by atoms with Crippen LogP contribution < -0.4 is 5.32 Å². The molecule has 1 aromatic carbocycles. The highest BCUT2D eigenvalue weighted by Crippen LogP contribution is 2.34. The van der Waals surface area contributed by atoms with E-state index in [9.17, 15) is 20.0 Å². The van der Waals surface area contributed by atoms with Crippen molar-refractivity contribution >= 4 is 17.3 Å². The number of hydrogen-bond donors (Lipinski definition) is 2. The number of carbonyl (C=O) groups is 1. The minimum absolute atomic E-state index is 0.121. The Kier molecular flexibility index (Phi) is 1.63. The number of amides is 1. The first-order chi connectivity index (χ1) is 6.58. The lowest BCUT2D eigenvalue weighted by molar-refractivity contribution is -0.385. The van der Waals surface area contributed by atoms with E-state index in [1.165, 1.54) is 12.1 Å². The van der Waals surface area contributed by atoms with Crippen molar-refractivity contribution in [1.82, 2.24) is 0 Å². The lowest BCUT2D eigenvalue weighted by Gasteiger charge is -2.00. The van der Waals surface area contributed by atoms with Crippen molar-refractivity contribution in [1.29, 1.82) is 0 Å². The molecule has 1 amide bonds. The smallest absolute Gasteiger partial charge is 0.311 e. The summed E-state index contributed by atoms with van der Waals surface area (Å²) >= 11 is 0. The molecule has 0 aromatic heterocycles. The molecule has 2 rings (SSSR count). The molecule has 0 spiro atoms. The van der Waals surface area contributed by atoms with Crippen LogP contribution in [0.1, 0.15) is 5.56 Å². The van der Waals surface area contributed by atoms with Crippen molar-refractivity contribution in [3.05, 3.63) is 27.8 Å². The third-order valence-corrected chi connectivity index (χ3v) is 2.02. The Balaban J connectivity index is 2.55. The fourth-order valence-corrected chi connectivity index (χ4v) is 1.40. The summed E-state index contributed by atoms with van der Waals surface area (Å²) in [6.07, 6.45) is 0.121. The number of fused-ring (bicyclic) bond motifs is 1. The first-order valence-corrected chi connectivity index (χ1v) is 3.88. The Hall–Kier alpha value is -2.11. The molecule has 0 unspecified atom stereocenters. The van der Waals surface area contributed by atoms with Gasteiger partial charge in [-0.15, -0.1) is 0 Å². The van der Waals surface area contributed by atoms with Crippen LogP contribution in [0.3, 0.4) is 0 Å². The number of rotatable bonds is 1. The summed E-state index contributed by atoms with van der Waals surface area (Å²) in [5.74, 6) is -0.657. The molecule has 6 heteroatoms. The molecule has 0 radical (unpaired) electrons. The molecule has 0 saturated heterocycles. The van der Waals surface area contributed by atoms with Crippen molar-refractivity contribution in [2.45, 2.75) is 6.42 Å². The standard InChI is InChI=1S/C8H6N2O4/c11-7-3-5-4(2-8(12)9-5)1-6(7)10(13)14/h1,3,11H,2H2,(H,9,12). The van der Waals surface area contributed by atoms with Crippen molar-refractivity contribution in [2.75, 3.05) is 5.32 Å². The summed E-state index contributed by atoms with van der Waals surface area (Å²) in [6, 6.07) is 2.40. The number of phenolic OH excluding ortho intramolecular Hbond substituents is 1. The molecule has 0 saturated carbocycles. The molecule has 1 heterocycles. The van der Waals surface area contributed by atoms with Crippen LogP contribution in [0.25, 0.3) is 0 Å². The molecule has 14 heavy (non-hydrogen) atoms. The molecular weight excluding hydrogens is 188 g/mol. The van der Waals surface area contributed by atoms with Gasteiger partial charge in [0, 0.05) is 17.8 Å². The number of anilines is 1. The normalized spacial score (nSPS) is 13.6. The monoisotopic (exact) mass is 194 g/mol. The lowest BCUT2D eigenvalue weighted by Crippen LogP contribution is -2.03. The first kappa shape index (κ1) is 8.49. The Labute approximate surface area is 78.3 Å². The molecule has 6 nitrogen and oxygen atoms in total. The van der Waals surface area contributed by atoms with Gasteiger partial charge in [0.2, 0.25) is 5.91 Å². The maximum Gasteiger partial charge on any atom is 0.311 e. The van der Waals surface area contributed by atoms with Gasteiger partial charge in [-0.25, -0.2) is 0 Å². The maximum atomic E-state index is 10.9. The van der Waals surface area contributed by atoms with E-state index in [0.717, 1.165) is 0 Å². The van der Waals surface area contributed by atoms with E-state index < -0.39 is 10.7 Å². The van der Waals surface area contributed by atoms with Crippen LogP contribution in [-0.2, 0) is 11.2 Å². The molecule has 0 fully saturated rings. The number of nitrogens with zero attached hydrogens (tertiary/aromatic N) is 1. The second kappa shape index (κ2) is 2.69. The zero-order valence-corrected chi connectivity index (χ0v) is 6.98. The Morgan fingerprint density at radius 1 is 1.50 bits per heavy atom. The highest BCUT2D eigenvalue weighted by molar-refractivity contribution is 5.99. The van der Waals surface area contributed by atoms with Crippen LogP contribution >= 0.6 is 0 Å². The number of phenols is 1. The van der Waals surface area contributed by atoms with Gasteiger partial charge in [-0.2, -0.15) is 0 Å². The molecule has 2 N–H and O–H groups in total. The van der Waals surface area contributed by atoms with Gasteiger partial charge >= 0.3 is 5.69 Å². The van der Waals surface area contributed by atoms with Gasteiger partial charge in [0.05, 0.1) is 11.3 Å². The third kappa shape index (κ3) is 1.17. The van der Waals surface area contributed by atoms with Crippen LogP contribution in [0.15, 0.2) is 12.1 Å². The Morgan fingerprint density at radius 2 is 2.21 bits per heavy atom. The molecule has 0 atom stereocenters. The van der Waals surface area contributed by atoms with Crippen molar-refractivity contribution in [3.63, 3.8) is 0 Å². The predicted molar refractivity (Wildman–Crippen MR) is 47.1 cm³/mol. The molecule has 1 aliphatic rings. The fraction of sp³-hybridized carbons (Fsp3) is 0.125. The largest absolute Gasteiger partial charge is 0.502 e. The maximum absolute atomic E-state index is 10.9. The minimum Gasteiger partial charge on any atom is -0.502 e. The lowest BCUT2D eigenvalue weighted by atomic mass is 10.1. The van der Waals surface area contributed by atoms with Crippen LogP contribution in [-0.4, -0.2) is 15.9 Å². The number of carbonyl (C=O) groups excluding carboxylic acids is 1. The van der Waals surface area contributed by atoms with Gasteiger partial charge in [-0.05, 0) is 5.56 Å². The average molecular weight is 194 g/mol. The highest BCUT2D eigenvalue weighted by Gasteiger charge is 2.23. The van der Waals surface area contributed by atoms with E-state index in [4.69, 9.17) is 0 Å². The summed E-state index contributed by atoms with van der Waals surface area (Å²) < 4.78 is 0. The molecule has 0 aliphatic carbocycles. The molecule has 0 bridgehead atoms. The summed E-state index contributed by atoms with van der Waals surface area (Å²) in [5, 5.41) is 22.2. The van der Waals surface area contributed by atoms with Crippen LogP contribution in [0.2, 0.25) is 0 Å². The molecule has 72 valence electrons. The topological polar surface area (TPSA) is 92.5 Å². The third-order valence-electron chi connectivity index (χ3n) is 2.02. The van der Waals surface area contributed by atoms with Gasteiger partial charge in [0.1, 0.15) is 0 Å². The van der Waals surface area contributed by atoms with E-state index in [1.54, 1.807) is 0 Å². The zero-order valence-electron chi connectivity index (χ0n) is 6.98. The van der Waals surface area contributed by atoms with Crippen molar-refractivity contribution in [3.8, 4) is 5.75 Å². The quantitative estimate of drug-likeness (QED) is 0.510. The van der Waals surface area contributed by atoms with Gasteiger partial charge < -0.3 is 10.4 Å². The number of hydrogen-bond acceptors (Lipinski definition) is 4. The number of nitro groups is 1. The number of benzene rings is 1. The second-order valence-electron chi connectivity index (χ2n) is 2.98. The van der Waals surface area contributed by atoms with Crippen molar-refractivity contribution in [2.24, 2.45) is 0 Å². The van der Waals surface area contributed by atoms with E-state index >= 15 is 0 Å². The summed E-state index contributed by atoms with van der Waals surface area (Å²) in [5.41, 5.74) is 0.609. The SMILES string of the molecule is O=C1Cc2cc([N+](=O)[O-])c(O)cc2N1. The average Bonchev–Trinajstić information content (AvgIpc) is 2.42. The summed E-state index contributed by atoms with van der Waals surface area (Å²) in [7, 11) is 0. The summed E-state index contributed by atoms with van der Waals surface area (Å²) in [6.45, 7) is 0. The first-order valence-electron chi connectivity index (χ1n) is 3.88. The minimum atomic E-state index is -0.682. The van der Waals surface area contributed by atoms with E-state index in [1.807, 2.05) is 0 Å². The highest BCUT2D eigenvalue weighted by atomic mass is 16.6. The molecular formula is C8H6N2O4. The van der Waals surface area contributed by atoms with Crippen LogP contribution in [0.5, 0.6) is 5.75 Å². The van der Waals surface area contributed by atoms with E-state index in [-0.39, 0.29) is 18.0 Å². The number of nitrogens with one attached hydrogen (secondary N) is 1. The van der Waals surface area contributed by atoms with Crippen LogP contribution in [0, 0.1) is 10.1 Å². The van der Waals surface area contributed by atoms with Gasteiger partial charge in [0.25, 0.3) is 0 Å². The van der Waals surface area contributed by atoms with E-state index in [2.05, 4.69) is 5.32 Å². The molecule has 1 aromatic rings. The van der Waals surface area contributed by atoms with Gasteiger partial charge in [-0.1, -0.05) is 0 Å². The predicted octanol–water partition coefficient (Wildman–Crippen LogP) is 0.795.